The van der Waals surface area contributed by atoms with Crippen molar-refractivity contribution in [2.24, 2.45) is 5.16 Å². The number of thiazole rings is 1. The largest absolute Gasteiger partial charge is 0.543 e. The topological polar surface area (TPSA) is 179 Å². The van der Waals surface area contributed by atoms with Crippen molar-refractivity contribution in [1.29, 1.82) is 0 Å². The number of nitrogens with one attached hydrogen (secondary N) is 1. The van der Waals surface area contributed by atoms with Gasteiger partial charge in [-0.1, -0.05) is 16.9 Å². The maximum absolute atomic E-state index is 13.1. The van der Waals surface area contributed by atoms with Gasteiger partial charge in [0, 0.05) is 28.5 Å². The van der Waals surface area contributed by atoms with Crippen LogP contribution in [-0.4, -0.2) is 79.5 Å². The Kier molecular flexibility index (Phi) is 7.79. The smallest absolute Gasteiger partial charge is 0.287 e. The van der Waals surface area contributed by atoms with Crippen molar-refractivity contribution in [3.63, 3.8) is 0 Å². The molecule has 2 aliphatic rings. The molecule has 0 radical (unpaired) electrons. The van der Waals surface area contributed by atoms with Crippen molar-refractivity contribution in [3.05, 3.63) is 52.9 Å². The number of carbonyl (C=O) groups excluding carboxylic acids is 3. The lowest BCUT2D eigenvalue weighted by molar-refractivity contribution is -0.662. The zero-order valence-electron chi connectivity index (χ0n) is 20.5. The Morgan fingerprint density at radius 3 is 2.95 bits per heavy atom. The molecule has 2 amide bonds. The van der Waals surface area contributed by atoms with E-state index in [1.54, 1.807) is 0 Å². The zero-order chi connectivity index (χ0) is 27.7. The quantitative estimate of drug-likeness (QED) is 0.0856. The number of pyridine rings is 1. The molecule has 0 unspecified atom stereocenters. The highest BCUT2D eigenvalue weighted by Crippen LogP contribution is 2.40. The minimum Gasteiger partial charge on any atom is -0.543 e. The third-order valence-corrected chi connectivity index (χ3v) is 9.08. The van der Waals surface area contributed by atoms with Gasteiger partial charge in [0.05, 0.1) is 18.3 Å². The SMILES string of the molecule is CO/N=C(\C(=O)N[C@@H]1C(=O)N2C(C(=O)[O-])=C(C[n+]3ccn4c(SCCO)cccc43)CS[C@H]12)c1csc(N)n1. The number of aliphatic hydroxyl groups is 1. The number of carboxylic acid groups (broad SMARTS) is 1. The molecule has 39 heavy (non-hydrogen) atoms. The summed E-state index contributed by atoms with van der Waals surface area (Å²) in [6, 6.07) is 4.75. The summed E-state index contributed by atoms with van der Waals surface area (Å²) in [4.78, 5) is 48.2. The second kappa shape index (κ2) is 11.3. The molecule has 204 valence electrons. The Labute approximate surface area is 234 Å². The minimum atomic E-state index is -1.46. The van der Waals surface area contributed by atoms with Crippen LogP contribution < -0.4 is 20.7 Å². The van der Waals surface area contributed by atoms with E-state index in [9.17, 15) is 19.5 Å². The summed E-state index contributed by atoms with van der Waals surface area (Å²) in [5.41, 5.74) is 6.85. The molecule has 3 aromatic heterocycles. The normalized spacial score (nSPS) is 19.2. The van der Waals surface area contributed by atoms with Gasteiger partial charge in [-0.3, -0.25) is 14.5 Å². The molecule has 0 bridgehead atoms. The number of fused-ring (bicyclic) bond motifs is 2. The van der Waals surface area contributed by atoms with Crippen molar-refractivity contribution >= 4 is 69.1 Å². The Morgan fingerprint density at radius 2 is 2.26 bits per heavy atom. The Morgan fingerprint density at radius 1 is 1.44 bits per heavy atom. The van der Waals surface area contributed by atoms with Crippen LogP contribution in [0.25, 0.3) is 5.65 Å². The first-order valence-electron chi connectivity index (χ1n) is 11.6. The van der Waals surface area contributed by atoms with Gasteiger partial charge in [-0.05, 0) is 12.1 Å². The fourth-order valence-electron chi connectivity index (χ4n) is 4.40. The van der Waals surface area contributed by atoms with Gasteiger partial charge in [-0.25, -0.2) is 9.55 Å². The predicted octanol–water partition coefficient (Wildman–Crippen LogP) is -1.20. The molecule has 2 aliphatic heterocycles. The highest BCUT2D eigenvalue weighted by Gasteiger charge is 2.53. The van der Waals surface area contributed by atoms with Crippen LogP contribution in [0, 0.1) is 0 Å². The monoisotopic (exact) mass is 589 g/mol. The van der Waals surface area contributed by atoms with Crippen LogP contribution in [-0.2, 0) is 25.8 Å². The minimum absolute atomic E-state index is 0.0495. The van der Waals surface area contributed by atoms with Gasteiger partial charge in [0.2, 0.25) is 0 Å². The second-order valence-electron chi connectivity index (χ2n) is 8.38. The lowest BCUT2D eigenvalue weighted by Gasteiger charge is -2.50. The fraction of sp³-hybridized carbons (Fsp3) is 0.304. The van der Waals surface area contributed by atoms with E-state index >= 15 is 0 Å². The molecule has 0 saturated carbocycles. The van der Waals surface area contributed by atoms with E-state index in [0.29, 0.717) is 17.1 Å². The average Bonchev–Trinajstić information content (AvgIpc) is 3.54. The number of rotatable bonds is 10. The Hall–Kier alpha value is -3.60. The van der Waals surface area contributed by atoms with Crippen LogP contribution in [0.3, 0.4) is 0 Å². The van der Waals surface area contributed by atoms with Crippen LogP contribution in [0.2, 0.25) is 0 Å². The number of hydrogen-bond donors (Lipinski definition) is 3. The number of imidazole rings is 1. The van der Waals surface area contributed by atoms with E-state index in [2.05, 4.69) is 15.5 Å². The van der Waals surface area contributed by atoms with Crippen molar-refractivity contribution in [1.82, 2.24) is 19.6 Å². The van der Waals surface area contributed by atoms with E-state index in [1.165, 1.54) is 40.9 Å². The molecule has 5 heterocycles. The highest BCUT2D eigenvalue weighted by molar-refractivity contribution is 8.00. The third kappa shape index (κ3) is 5.07. The van der Waals surface area contributed by atoms with Gasteiger partial charge in [-0.15, -0.1) is 23.1 Å². The molecule has 5 rings (SSSR count). The first-order chi connectivity index (χ1) is 18.8. The first kappa shape index (κ1) is 27.0. The molecule has 0 aliphatic carbocycles. The number of hydrogen-bond acceptors (Lipinski definition) is 12. The molecular weight excluding hydrogens is 566 g/mol. The van der Waals surface area contributed by atoms with Crippen LogP contribution in [0.4, 0.5) is 5.13 Å². The van der Waals surface area contributed by atoms with Crippen molar-refractivity contribution < 1.29 is 34.0 Å². The van der Waals surface area contributed by atoms with Crippen LogP contribution >= 0.6 is 34.9 Å². The summed E-state index contributed by atoms with van der Waals surface area (Å²) < 4.78 is 3.84. The Bertz CT molecular complexity index is 1520. The second-order valence-corrected chi connectivity index (χ2v) is 11.5. The summed E-state index contributed by atoms with van der Waals surface area (Å²) in [5.74, 6) is -1.87. The number of nitrogens with two attached hydrogens (primary N) is 1. The molecule has 13 nitrogen and oxygen atoms in total. The van der Waals surface area contributed by atoms with Gasteiger partial charge in [0.1, 0.15) is 43.2 Å². The highest BCUT2D eigenvalue weighted by atomic mass is 32.2. The molecular formula is C23H23N7O6S3. The molecule has 1 fully saturated rings. The summed E-state index contributed by atoms with van der Waals surface area (Å²) in [6.45, 7) is 0.276. The van der Waals surface area contributed by atoms with E-state index in [0.717, 1.165) is 22.0 Å². The number of anilines is 1. The molecule has 16 heteroatoms. The van der Waals surface area contributed by atoms with Crippen molar-refractivity contribution in [2.75, 3.05) is 31.0 Å². The van der Waals surface area contributed by atoms with Gasteiger partial charge < -0.3 is 30.9 Å². The van der Waals surface area contributed by atoms with Gasteiger partial charge in [-0.2, -0.15) is 4.40 Å². The van der Waals surface area contributed by atoms with E-state index in [1.807, 2.05) is 39.6 Å². The summed E-state index contributed by atoms with van der Waals surface area (Å²) in [7, 11) is 1.27. The summed E-state index contributed by atoms with van der Waals surface area (Å²) in [5, 5.41) is 29.8. The molecule has 1 saturated heterocycles. The average molecular weight is 590 g/mol. The fourth-order valence-corrected chi connectivity index (χ4v) is 7.05. The number of carboxylic acids is 1. The molecule has 0 aromatic carbocycles. The van der Waals surface area contributed by atoms with E-state index < -0.39 is 29.2 Å². The van der Waals surface area contributed by atoms with Crippen LogP contribution in [0.5, 0.6) is 0 Å². The van der Waals surface area contributed by atoms with E-state index in [4.69, 9.17) is 15.7 Å². The lowest BCUT2D eigenvalue weighted by Crippen LogP contribution is -2.71. The van der Waals surface area contributed by atoms with Gasteiger partial charge >= 0.3 is 0 Å². The number of β-lactam (4-membered cyclic amide) rings is 1. The number of nitrogens with zero attached hydrogens (tertiary/aromatic N) is 5. The van der Waals surface area contributed by atoms with Crippen molar-refractivity contribution in [3.8, 4) is 0 Å². The molecule has 0 spiro atoms. The standard InChI is InChI=1S/C23H23N7O6S3/c1-36-27-16(13-11-39-23(24)25-13)19(32)26-17-20(33)30-18(22(34)35)12(10-38-21(17)30)9-28-5-6-29-14(28)3-2-4-15(29)37-8-7-31/h2-6,11,17,21,31H,7-10H2,1H3,(H3-,24,25,26,32,34,35)/b27-16-/t17-,21-/m1/s1. The number of aliphatic hydroxyl groups excluding tert-OH is 1. The predicted molar refractivity (Wildman–Crippen MR) is 143 cm³/mol. The zero-order valence-corrected chi connectivity index (χ0v) is 22.9. The lowest BCUT2D eigenvalue weighted by atomic mass is 10.0. The number of amides is 2. The Balaban J connectivity index is 1.36. The maximum atomic E-state index is 13.1. The number of thioether (sulfide) groups is 2. The number of oxime groups is 1. The summed E-state index contributed by atoms with van der Waals surface area (Å²) in [6.07, 6.45) is 3.69. The third-order valence-electron chi connectivity index (χ3n) is 6.05. The number of aliphatic carboxylic acids is 1. The molecule has 3 aromatic rings. The van der Waals surface area contributed by atoms with Crippen molar-refractivity contribution in [2.45, 2.75) is 23.0 Å². The number of nitrogen functional groups attached to an aromatic ring is 1. The number of carbonyl (C=O) groups is 3. The van der Waals surface area contributed by atoms with E-state index in [-0.39, 0.29) is 35.4 Å². The van der Waals surface area contributed by atoms with Gasteiger partial charge in [0.15, 0.2) is 15.9 Å². The molecule has 2 atom stereocenters. The van der Waals surface area contributed by atoms with Crippen LogP contribution in [0.15, 0.2) is 57.4 Å². The first-order valence-corrected chi connectivity index (χ1v) is 14.5. The van der Waals surface area contributed by atoms with Gasteiger partial charge in [0.25, 0.3) is 17.5 Å². The van der Waals surface area contributed by atoms with Crippen LogP contribution in [0.1, 0.15) is 5.69 Å². The summed E-state index contributed by atoms with van der Waals surface area (Å²) >= 11 is 3.97. The molecule has 4 N–H and O–H groups in total. The maximum Gasteiger partial charge on any atom is 0.287 e. The number of aromatic nitrogens is 3.